The molecular weight excluding hydrogens is 495 g/mol. The second-order valence-corrected chi connectivity index (χ2v) is 8.98. The molecule has 8 heteroatoms. The van der Waals surface area contributed by atoms with Crippen LogP contribution in [0.3, 0.4) is 0 Å². The van der Waals surface area contributed by atoms with E-state index in [1.807, 2.05) is 30.3 Å². The van der Waals surface area contributed by atoms with Crippen LogP contribution in [0.2, 0.25) is 0 Å². The fourth-order valence-corrected chi connectivity index (χ4v) is 4.11. The molecule has 3 rings (SSSR count). The van der Waals surface area contributed by atoms with E-state index in [1.165, 1.54) is 19.3 Å². The number of halogens is 1. The van der Waals surface area contributed by atoms with Crippen molar-refractivity contribution in [2.75, 3.05) is 20.8 Å². The Morgan fingerprint density at radius 3 is 2.62 bits per heavy atom. The molecule has 0 spiro atoms. The van der Waals surface area contributed by atoms with Crippen LogP contribution in [0.15, 0.2) is 107 Å². The van der Waals surface area contributed by atoms with Crippen LogP contribution < -0.4 is 16.6 Å². The summed E-state index contributed by atoms with van der Waals surface area (Å²) in [6.07, 6.45) is 5.21. The lowest BCUT2D eigenvalue weighted by Crippen LogP contribution is -2.29. The molecule has 0 heterocycles. The molecular formula is C31H35FN4O3. The topological polar surface area (TPSA) is 98.0 Å². The summed E-state index contributed by atoms with van der Waals surface area (Å²) in [5, 5.41) is 2.66. The van der Waals surface area contributed by atoms with Crippen LogP contribution in [0, 0.1) is 6.92 Å². The molecule has 39 heavy (non-hydrogen) atoms. The van der Waals surface area contributed by atoms with E-state index in [0.717, 1.165) is 27.8 Å². The van der Waals surface area contributed by atoms with Gasteiger partial charge in [-0.2, -0.15) is 0 Å². The van der Waals surface area contributed by atoms with E-state index in [9.17, 15) is 4.79 Å². The molecule has 0 saturated heterocycles. The Balaban J connectivity index is 1.86. The molecule has 0 fully saturated rings. The van der Waals surface area contributed by atoms with Crippen LogP contribution in [0.1, 0.15) is 29.5 Å². The number of ether oxygens (including phenoxy) is 2. The summed E-state index contributed by atoms with van der Waals surface area (Å²) in [4.78, 5) is 17.1. The monoisotopic (exact) mass is 530 g/mol. The van der Waals surface area contributed by atoms with Crippen molar-refractivity contribution in [1.82, 2.24) is 10.7 Å². The van der Waals surface area contributed by atoms with Crippen LogP contribution in [0.4, 0.5) is 4.39 Å². The average molecular weight is 531 g/mol. The molecule has 0 bridgehead atoms. The summed E-state index contributed by atoms with van der Waals surface area (Å²) in [7, 11) is 3.18. The number of hydrogen-bond acceptors (Lipinski definition) is 6. The van der Waals surface area contributed by atoms with Crippen LogP contribution in [-0.2, 0) is 20.9 Å². The molecule has 0 radical (unpaired) electrons. The molecule has 0 atom stereocenters. The second kappa shape index (κ2) is 14.0. The van der Waals surface area contributed by atoms with E-state index in [0.29, 0.717) is 42.3 Å². The zero-order chi connectivity index (χ0) is 28.4. The van der Waals surface area contributed by atoms with Crippen molar-refractivity contribution in [3.63, 3.8) is 0 Å². The van der Waals surface area contributed by atoms with Gasteiger partial charge in [-0.05, 0) is 59.4 Å². The predicted octanol–water partition coefficient (Wildman–Crippen LogP) is 5.31. The van der Waals surface area contributed by atoms with Crippen LogP contribution in [0.25, 0.3) is 11.1 Å². The van der Waals surface area contributed by atoms with Gasteiger partial charge in [-0.25, -0.2) is 9.38 Å². The molecule has 1 amide bonds. The number of carbonyl (C=O) groups is 1. The van der Waals surface area contributed by atoms with Crippen LogP contribution in [0.5, 0.6) is 0 Å². The third kappa shape index (κ3) is 7.63. The molecule has 0 saturated carbocycles. The zero-order valence-corrected chi connectivity index (χ0v) is 22.6. The summed E-state index contributed by atoms with van der Waals surface area (Å²) in [5.41, 5.74) is 8.81. The Bertz CT molecular complexity index is 1370. The van der Waals surface area contributed by atoms with E-state index in [-0.39, 0.29) is 12.1 Å². The van der Waals surface area contributed by atoms with Crippen molar-refractivity contribution in [2.45, 2.75) is 26.4 Å². The number of methoxy groups -OCH3 is 2. The maximum Gasteiger partial charge on any atom is 0.254 e. The lowest BCUT2D eigenvalue weighted by atomic mass is 9.94. The maximum atomic E-state index is 15.0. The van der Waals surface area contributed by atoms with Gasteiger partial charge in [0.15, 0.2) is 0 Å². The number of allylic oxidation sites excluding steroid dienone is 4. The average Bonchev–Trinajstić information content (AvgIpc) is 3.13. The van der Waals surface area contributed by atoms with Gasteiger partial charge in [0, 0.05) is 31.3 Å². The molecule has 4 N–H and O–H groups in total. The zero-order valence-electron chi connectivity index (χ0n) is 22.6. The first-order chi connectivity index (χ1) is 18.8. The van der Waals surface area contributed by atoms with Gasteiger partial charge < -0.3 is 20.2 Å². The van der Waals surface area contributed by atoms with E-state index in [4.69, 9.17) is 15.3 Å². The Hall–Kier alpha value is -4.27. The smallest absolute Gasteiger partial charge is 0.254 e. The Morgan fingerprint density at radius 2 is 1.92 bits per heavy atom. The van der Waals surface area contributed by atoms with E-state index >= 15 is 4.39 Å². The van der Waals surface area contributed by atoms with Crippen LogP contribution in [-0.4, -0.2) is 32.6 Å². The van der Waals surface area contributed by atoms with Crippen molar-refractivity contribution in [3.8, 4) is 11.1 Å². The number of hydrogen-bond donors (Lipinski definition) is 3. The van der Waals surface area contributed by atoms with Crippen molar-refractivity contribution < 1.29 is 18.7 Å². The van der Waals surface area contributed by atoms with Gasteiger partial charge in [0.2, 0.25) is 5.90 Å². The molecule has 204 valence electrons. The fourth-order valence-electron chi connectivity index (χ4n) is 4.11. The molecule has 2 aromatic carbocycles. The number of nitrogens with two attached hydrogens (primary N) is 1. The first-order valence-electron chi connectivity index (χ1n) is 12.5. The molecule has 1 aliphatic carbocycles. The number of aliphatic imine (C=N–C) groups is 1. The molecule has 0 aliphatic heterocycles. The lowest BCUT2D eigenvalue weighted by molar-refractivity contribution is -0.117. The second-order valence-electron chi connectivity index (χ2n) is 8.98. The van der Waals surface area contributed by atoms with Gasteiger partial charge >= 0.3 is 0 Å². The first kappa shape index (κ1) is 29.3. The number of nitrogens with one attached hydrogen (secondary N) is 2. The predicted molar refractivity (Wildman–Crippen MR) is 154 cm³/mol. The third-order valence-electron chi connectivity index (χ3n) is 6.23. The summed E-state index contributed by atoms with van der Waals surface area (Å²) in [6.45, 7) is 10.5. The van der Waals surface area contributed by atoms with Gasteiger partial charge in [0.05, 0.1) is 25.0 Å². The summed E-state index contributed by atoms with van der Waals surface area (Å²) in [6, 6.07) is 14.1. The highest BCUT2D eigenvalue weighted by Crippen LogP contribution is 2.29. The summed E-state index contributed by atoms with van der Waals surface area (Å²) in [5.74, 6) is 4.40. The first-order valence-corrected chi connectivity index (χ1v) is 12.5. The van der Waals surface area contributed by atoms with Gasteiger partial charge in [0.25, 0.3) is 5.91 Å². The summed E-state index contributed by atoms with van der Waals surface area (Å²) < 4.78 is 26.1. The van der Waals surface area contributed by atoms with Crippen molar-refractivity contribution >= 4 is 11.8 Å². The van der Waals surface area contributed by atoms with E-state index in [2.05, 4.69) is 47.9 Å². The Morgan fingerprint density at radius 1 is 1.15 bits per heavy atom. The SMILES string of the molecule is C=C(CCNC(=O)C1=C(F)C=C(C(=C)N=C(OC)c2ccc(-c3ccccc3C)c(COC)c2)CC=C1)NN. The van der Waals surface area contributed by atoms with Crippen molar-refractivity contribution in [3.05, 3.63) is 119 Å². The number of amides is 1. The Labute approximate surface area is 229 Å². The number of nitrogens with zero attached hydrogens (tertiary/aromatic N) is 1. The van der Waals surface area contributed by atoms with Crippen molar-refractivity contribution in [1.29, 1.82) is 0 Å². The van der Waals surface area contributed by atoms with Gasteiger partial charge in [0.1, 0.15) is 5.83 Å². The molecule has 7 nitrogen and oxygen atoms in total. The largest absolute Gasteiger partial charge is 0.481 e. The number of carbonyl (C=O) groups excluding carboxylic acids is 1. The van der Waals surface area contributed by atoms with E-state index in [1.54, 1.807) is 13.2 Å². The summed E-state index contributed by atoms with van der Waals surface area (Å²) >= 11 is 0. The minimum atomic E-state index is -0.674. The highest BCUT2D eigenvalue weighted by molar-refractivity contribution is 5.97. The normalized spacial score (nSPS) is 13.5. The van der Waals surface area contributed by atoms with Gasteiger partial charge in [-0.1, -0.05) is 55.6 Å². The van der Waals surface area contributed by atoms with Gasteiger partial charge in [-0.15, -0.1) is 0 Å². The number of aryl methyl sites for hydroxylation is 1. The van der Waals surface area contributed by atoms with Crippen LogP contribution >= 0.6 is 0 Å². The Kier molecular flexibility index (Phi) is 10.5. The minimum Gasteiger partial charge on any atom is -0.481 e. The molecule has 2 aromatic rings. The highest BCUT2D eigenvalue weighted by Gasteiger charge is 2.17. The van der Waals surface area contributed by atoms with Gasteiger partial charge in [-0.3, -0.25) is 10.6 Å². The fraction of sp³-hybridized carbons (Fsp3) is 0.226. The number of rotatable bonds is 11. The molecule has 0 aromatic heterocycles. The standard InChI is InChI=1S/C31H35FN4O3/c1-20-9-6-7-11-26(20)27-14-13-24(17-25(27)19-38-4)31(39-5)35-22(3)23-10-8-12-28(29(32)18-23)30(37)34-16-15-21(2)36-33/h6-9,11-14,17-18,36H,2-3,10,15-16,19,33H2,1,4-5H3,(H,34,37). The highest BCUT2D eigenvalue weighted by atomic mass is 19.1. The quantitative estimate of drug-likeness (QED) is 0.158. The maximum absolute atomic E-state index is 15.0. The molecule has 0 unspecified atom stereocenters. The van der Waals surface area contributed by atoms with E-state index < -0.39 is 11.7 Å². The third-order valence-corrected chi connectivity index (χ3v) is 6.23. The minimum absolute atomic E-state index is 0.0731. The number of hydrazine groups is 1. The number of benzene rings is 2. The lowest BCUT2D eigenvalue weighted by Gasteiger charge is -2.15. The van der Waals surface area contributed by atoms with Crippen molar-refractivity contribution in [2.24, 2.45) is 10.8 Å². The molecule has 1 aliphatic rings.